The summed E-state index contributed by atoms with van der Waals surface area (Å²) in [6, 6.07) is 6.63. The van der Waals surface area contributed by atoms with Gasteiger partial charge in [0.05, 0.1) is 18.1 Å². The summed E-state index contributed by atoms with van der Waals surface area (Å²) in [4.78, 5) is 24.3. The molecule has 0 aliphatic heterocycles. The van der Waals surface area contributed by atoms with Gasteiger partial charge in [-0.1, -0.05) is 83.6 Å². The van der Waals surface area contributed by atoms with Crippen LogP contribution in [-0.2, 0) is 19.9 Å². The average molecular weight is 461 g/mol. The first-order chi connectivity index (χ1) is 15.9. The van der Waals surface area contributed by atoms with Crippen LogP contribution in [0.25, 0.3) is 0 Å². The van der Waals surface area contributed by atoms with Crippen molar-refractivity contribution in [3.05, 3.63) is 59.4 Å². The summed E-state index contributed by atoms with van der Waals surface area (Å²) in [6.45, 7) is 6.72. The van der Waals surface area contributed by atoms with Crippen molar-refractivity contribution < 1.29 is 28.6 Å². The summed E-state index contributed by atoms with van der Waals surface area (Å²) < 4.78 is 27.1. The molecule has 0 bridgehead atoms. The molecule has 0 radical (unpaired) electrons. The van der Waals surface area contributed by atoms with Crippen LogP contribution in [0, 0.1) is 11.8 Å². The number of halogens is 1. The van der Waals surface area contributed by atoms with E-state index in [2.05, 4.69) is 6.92 Å². The van der Waals surface area contributed by atoms with E-state index >= 15 is 4.39 Å². The molecule has 0 saturated heterocycles. The number of carbonyl (C=O) groups is 2. The zero-order chi connectivity index (χ0) is 24.3. The van der Waals surface area contributed by atoms with Crippen molar-refractivity contribution in [1.29, 1.82) is 0 Å². The van der Waals surface area contributed by atoms with Crippen molar-refractivity contribution in [2.24, 2.45) is 11.8 Å². The fourth-order valence-electron chi connectivity index (χ4n) is 3.74. The van der Waals surface area contributed by atoms with Crippen LogP contribution in [0.3, 0.4) is 0 Å². The lowest BCUT2D eigenvalue weighted by Crippen LogP contribution is -2.34. The second-order valence-electron chi connectivity index (χ2n) is 8.75. The monoisotopic (exact) mass is 460 g/mol. The van der Waals surface area contributed by atoms with Gasteiger partial charge in [-0.3, -0.25) is 4.79 Å². The van der Waals surface area contributed by atoms with Gasteiger partial charge in [-0.15, -0.1) is 0 Å². The van der Waals surface area contributed by atoms with Gasteiger partial charge in [0.2, 0.25) is 0 Å². The number of unbranched alkanes of at least 4 members (excludes halogenated alkanes) is 5. The Bertz CT molecular complexity index is 847. The van der Waals surface area contributed by atoms with Gasteiger partial charge in [-0.05, 0) is 30.6 Å². The third kappa shape index (κ3) is 7.26. The molecule has 1 aromatic carbocycles. The molecule has 0 fully saturated rings. The fourth-order valence-corrected chi connectivity index (χ4v) is 3.74. The highest BCUT2D eigenvalue weighted by Crippen LogP contribution is 2.42. The number of carboxylic acids is 1. The summed E-state index contributed by atoms with van der Waals surface area (Å²) in [6.07, 6.45) is 11.0. The first-order valence-corrected chi connectivity index (χ1v) is 12.1. The number of aliphatic carboxylic acids is 1. The van der Waals surface area contributed by atoms with Crippen molar-refractivity contribution in [3.8, 4) is 0 Å². The molecule has 0 heterocycles. The highest BCUT2D eigenvalue weighted by Gasteiger charge is 2.42. The Hall–Kier alpha value is -2.47. The van der Waals surface area contributed by atoms with E-state index in [0.29, 0.717) is 5.56 Å². The Morgan fingerprint density at radius 1 is 1.12 bits per heavy atom. The summed E-state index contributed by atoms with van der Waals surface area (Å²) in [7, 11) is 0. The molecular formula is C27H37FO5. The Balaban J connectivity index is 2.30. The van der Waals surface area contributed by atoms with Gasteiger partial charge >= 0.3 is 11.9 Å². The van der Waals surface area contributed by atoms with E-state index in [1.54, 1.807) is 24.3 Å². The number of benzene rings is 1. The van der Waals surface area contributed by atoms with Crippen LogP contribution in [-0.4, -0.2) is 30.3 Å². The van der Waals surface area contributed by atoms with Gasteiger partial charge < -0.3 is 14.6 Å². The molecule has 5 nitrogen and oxygen atoms in total. The number of carbonyl (C=O) groups excluding carboxylic acids is 1. The van der Waals surface area contributed by atoms with E-state index in [1.807, 2.05) is 13.8 Å². The van der Waals surface area contributed by atoms with E-state index in [9.17, 15) is 14.7 Å². The van der Waals surface area contributed by atoms with E-state index in [1.165, 1.54) is 18.6 Å². The second-order valence-corrected chi connectivity index (χ2v) is 8.75. The van der Waals surface area contributed by atoms with Gasteiger partial charge in [0.25, 0.3) is 0 Å². The first kappa shape index (κ1) is 26.8. The first-order valence-electron chi connectivity index (χ1n) is 12.1. The highest BCUT2D eigenvalue weighted by atomic mass is 19.1. The predicted octanol–water partition coefficient (Wildman–Crippen LogP) is 6.59. The lowest BCUT2D eigenvalue weighted by Gasteiger charge is -2.34. The van der Waals surface area contributed by atoms with Crippen molar-refractivity contribution in [3.63, 3.8) is 0 Å². The zero-order valence-electron chi connectivity index (χ0n) is 20.0. The molecule has 1 aromatic rings. The van der Waals surface area contributed by atoms with Gasteiger partial charge in [0.15, 0.2) is 5.60 Å². The summed E-state index contributed by atoms with van der Waals surface area (Å²) >= 11 is 0. The standard InChI is InChI=1S/C27H37FO5/c1-4-6-7-8-9-12-17-33-27(16-15-21(25(29)30)18-24(27)28)23-14-11-10-13-22(23)26(31)32-19-20(3)5-2/h10-11,13-16,18,20-21H,4-9,12,17,19H2,1-3H3,(H,29,30)/t20-,21?,27?/m0/s1. The minimum Gasteiger partial charge on any atom is -0.481 e. The average Bonchev–Trinajstić information content (AvgIpc) is 2.82. The van der Waals surface area contributed by atoms with Gasteiger partial charge in [0.1, 0.15) is 5.83 Å². The van der Waals surface area contributed by atoms with Gasteiger partial charge in [-0.25, -0.2) is 9.18 Å². The van der Waals surface area contributed by atoms with E-state index in [0.717, 1.165) is 44.6 Å². The lowest BCUT2D eigenvalue weighted by atomic mass is 9.82. The van der Waals surface area contributed by atoms with Crippen LogP contribution in [0.4, 0.5) is 4.39 Å². The zero-order valence-corrected chi connectivity index (χ0v) is 20.0. The van der Waals surface area contributed by atoms with Crippen LogP contribution in [0.2, 0.25) is 0 Å². The van der Waals surface area contributed by atoms with Crippen LogP contribution in [0.5, 0.6) is 0 Å². The normalized spacial score (nSPS) is 20.8. The molecule has 33 heavy (non-hydrogen) atoms. The number of ether oxygens (including phenoxy) is 2. The maximum atomic E-state index is 15.6. The largest absolute Gasteiger partial charge is 0.481 e. The van der Waals surface area contributed by atoms with Crippen molar-refractivity contribution >= 4 is 11.9 Å². The Morgan fingerprint density at radius 2 is 1.82 bits per heavy atom. The van der Waals surface area contributed by atoms with Gasteiger partial charge in [-0.2, -0.15) is 0 Å². The number of hydrogen-bond donors (Lipinski definition) is 1. The molecule has 1 N–H and O–H groups in total. The number of esters is 1. The van der Waals surface area contributed by atoms with Crippen LogP contribution in [0.15, 0.2) is 48.3 Å². The summed E-state index contributed by atoms with van der Waals surface area (Å²) in [5.41, 5.74) is -1.12. The molecular weight excluding hydrogens is 423 g/mol. The van der Waals surface area contributed by atoms with E-state index < -0.39 is 29.3 Å². The molecule has 0 aromatic heterocycles. The van der Waals surface area contributed by atoms with Crippen molar-refractivity contribution in [2.45, 2.75) is 71.3 Å². The van der Waals surface area contributed by atoms with E-state index in [-0.39, 0.29) is 24.7 Å². The van der Waals surface area contributed by atoms with Crippen LogP contribution in [0.1, 0.15) is 81.6 Å². The topological polar surface area (TPSA) is 72.8 Å². The Morgan fingerprint density at radius 3 is 2.48 bits per heavy atom. The number of rotatable bonds is 14. The minimum atomic E-state index is -1.65. The fraction of sp³-hybridized carbons (Fsp3) is 0.556. The molecule has 6 heteroatoms. The number of carboxylic acid groups (broad SMARTS) is 1. The molecule has 0 saturated carbocycles. The minimum absolute atomic E-state index is 0.210. The van der Waals surface area contributed by atoms with Crippen LogP contribution < -0.4 is 0 Å². The van der Waals surface area contributed by atoms with Crippen molar-refractivity contribution in [2.75, 3.05) is 13.2 Å². The molecule has 182 valence electrons. The third-order valence-electron chi connectivity index (χ3n) is 6.07. The van der Waals surface area contributed by atoms with Crippen molar-refractivity contribution in [1.82, 2.24) is 0 Å². The summed E-state index contributed by atoms with van der Waals surface area (Å²) in [5, 5.41) is 9.32. The highest BCUT2D eigenvalue weighted by molar-refractivity contribution is 5.92. The predicted molar refractivity (Wildman–Crippen MR) is 127 cm³/mol. The quantitative estimate of drug-likeness (QED) is 0.193. The molecule has 0 amide bonds. The van der Waals surface area contributed by atoms with Crippen LogP contribution >= 0.6 is 0 Å². The van der Waals surface area contributed by atoms with Gasteiger partial charge in [0, 0.05) is 12.2 Å². The molecule has 2 unspecified atom stereocenters. The maximum absolute atomic E-state index is 15.6. The smallest absolute Gasteiger partial charge is 0.338 e. The maximum Gasteiger partial charge on any atom is 0.338 e. The SMILES string of the molecule is CCCCCCCCOC1(c2ccccc2C(=O)OC[C@@H](C)CC)C=CC(C(=O)O)C=C1F. The third-order valence-corrected chi connectivity index (χ3v) is 6.07. The molecule has 2 rings (SSSR count). The Labute approximate surface area is 196 Å². The lowest BCUT2D eigenvalue weighted by molar-refractivity contribution is -0.138. The number of hydrogen-bond acceptors (Lipinski definition) is 4. The summed E-state index contributed by atoms with van der Waals surface area (Å²) in [5.74, 6) is -3.30. The second kappa shape index (κ2) is 13.3. The van der Waals surface area contributed by atoms with E-state index in [4.69, 9.17) is 9.47 Å². The molecule has 3 atom stereocenters. The Kier molecular flexibility index (Phi) is 10.8. The molecule has 0 spiro atoms. The molecule has 1 aliphatic rings. The molecule has 1 aliphatic carbocycles.